The molecular formula is C11H17N. The lowest BCUT2D eigenvalue weighted by Crippen LogP contribution is -2.44. The third-order valence-electron chi connectivity index (χ3n) is 4.62. The zero-order valence-electron chi connectivity index (χ0n) is 7.50. The molecule has 66 valence electrons. The van der Waals surface area contributed by atoms with Gasteiger partial charge in [-0.25, -0.2) is 0 Å². The molecule has 2 saturated carbocycles. The van der Waals surface area contributed by atoms with Crippen LogP contribution in [0.5, 0.6) is 0 Å². The van der Waals surface area contributed by atoms with E-state index in [4.69, 9.17) is 5.73 Å². The molecule has 1 spiro atoms. The van der Waals surface area contributed by atoms with Gasteiger partial charge in [0, 0.05) is 6.04 Å². The summed E-state index contributed by atoms with van der Waals surface area (Å²) >= 11 is 0. The molecule has 2 bridgehead atoms. The second-order valence-corrected chi connectivity index (χ2v) is 4.91. The van der Waals surface area contributed by atoms with Gasteiger partial charge in [0.25, 0.3) is 0 Å². The molecule has 0 radical (unpaired) electrons. The molecule has 3 aliphatic rings. The standard InChI is InChI=1S/C11H17N/c12-10-8-3-4-9(7-8)11(10)5-1-2-6-11/h1-2,8-10H,3-7,12H2/t8-,9+,10-/m1/s1. The number of nitrogens with two attached hydrogens (primary N) is 1. The molecular weight excluding hydrogens is 146 g/mol. The second kappa shape index (κ2) is 2.14. The molecule has 1 heteroatoms. The van der Waals surface area contributed by atoms with Crippen molar-refractivity contribution in [3.8, 4) is 0 Å². The molecule has 2 N–H and O–H groups in total. The van der Waals surface area contributed by atoms with Gasteiger partial charge in [-0.15, -0.1) is 0 Å². The topological polar surface area (TPSA) is 26.0 Å². The van der Waals surface area contributed by atoms with Crippen LogP contribution in [0, 0.1) is 17.3 Å². The third kappa shape index (κ3) is 0.646. The molecule has 12 heavy (non-hydrogen) atoms. The van der Waals surface area contributed by atoms with E-state index in [-0.39, 0.29) is 0 Å². The lowest BCUT2D eigenvalue weighted by molar-refractivity contribution is 0.147. The molecule has 3 aliphatic carbocycles. The third-order valence-corrected chi connectivity index (χ3v) is 4.62. The Morgan fingerprint density at radius 3 is 2.50 bits per heavy atom. The van der Waals surface area contributed by atoms with Gasteiger partial charge in [-0.2, -0.15) is 0 Å². The lowest BCUT2D eigenvalue weighted by Gasteiger charge is -2.39. The van der Waals surface area contributed by atoms with Crippen LogP contribution >= 0.6 is 0 Å². The minimum atomic E-state index is 0.520. The summed E-state index contributed by atoms with van der Waals surface area (Å²) in [5, 5.41) is 0. The minimum Gasteiger partial charge on any atom is -0.327 e. The molecule has 3 atom stereocenters. The Labute approximate surface area is 74.0 Å². The monoisotopic (exact) mass is 163 g/mol. The highest BCUT2D eigenvalue weighted by molar-refractivity contribution is 5.16. The van der Waals surface area contributed by atoms with E-state index in [1.165, 1.54) is 32.1 Å². The molecule has 2 fully saturated rings. The molecule has 0 aromatic heterocycles. The van der Waals surface area contributed by atoms with E-state index in [2.05, 4.69) is 12.2 Å². The van der Waals surface area contributed by atoms with Gasteiger partial charge in [-0.3, -0.25) is 0 Å². The molecule has 0 aromatic carbocycles. The van der Waals surface area contributed by atoms with Crippen molar-refractivity contribution >= 4 is 0 Å². The molecule has 0 unspecified atom stereocenters. The number of rotatable bonds is 0. The molecule has 0 saturated heterocycles. The van der Waals surface area contributed by atoms with Crippen LogP contribution in [0.3, 0.4) is 0 Å². The van der Waals surface area contributed by atoms with Crippen LogP contribution in [-0.4, -0.2) is 6.04 Å². The Bertz CT molecular complexity index is 219. The van der Waals surface area contributed by atoms with Crippen molar-refractivity contribution in [2.24, 2.45) is 23.0 Å². The summed E-state index contributed by atoms with van der Waals surface area (Å²) in [6, 6.07) is 0.520. The quantitative estimate of drug-likeness (QED) is 0.544. The summed E-state index contributed by atoms with van der Waals surface area (Å²) < 4.78 is 0. The Morgan fingerprint density at radius 2 is 1.92 bits per heavy atom. The first-order valence-corrected chi connectivity index (χ1v) is 5.23. The fourth-order valence-corrected chi connectivity index (χ4v) is 3.90. The fraction of sp³-hybridized carbons (Fsp3) is 0.818. The highest BCUT2D eigenvalue weighted by Gasteiger charge is 2.56. The zero-order valence-corrected chi connectivity index (χ0v) is 7.50. The predicted octanol–water partition coefficient (Wildman–Crippen LogP) is 2.08. The minimum absolute atomic E-state index is 0.520. The van der Waals surface area contributed by atoms with E-state index in [9.17, 15) is 0 Å². The van der Waals surface area contributed by atoms with Crippen LogP contribution in [-0.2, 0) is 0 Å². The average Bonchev–Trinajstić information content (AvgIpc) is 2.75. The SMILES string of the molecule is N[C@@H]1[C@@H]2CC[C@@H](C2)C12CC=CC2. The molecule has 3 rings (SSSR count). The van der Waals surface area contributed by atoms with Crippen LogP contribution in [0.4, 0.5) is 0 Å². The Kier molecular flexibility index (Phi) is 1.27. The van der Waals surface area contributed by atoms with Gasteiger partial charge >= 0.3 is 0 Å². The van der Waals surface area contributed by atoms with Gasteiger partial charge in [-0.05, 0) is 49.4 Å². The van der Waals surface area contributed by atoms with Gasteiger partial charge in [-0.1, -0.05) is 12.2 Å². The van der Waals surface area contributed by atoms with Gasteiger partial charge in [0.15, 0.2) is 0 Å². The Hall–Kier alpha value is -0.300. The summed E-state index contributed by atoms with van der Waals surface area (Å²) in [4.78, 5) is 0. The first-order valence-electron chi connectivity index (χ1n) is 5.23. The Morgan fingerprint density at radius 1 is 1.17 bits per heavy atom. The molecule has 0 heterocycles. The van der Waals surface area contributed by atoms with Crippen molar-refractivity contribution in [3.63, 3.8) is 0 Å². The largest absolute Gasteiger partial charge is 0.327 e. The van der Waals surface area contributed by atoms with E-state index < -0.39 is 0 Å². The Balaban J connectivity index is 1.95. The molecule has 0 aromatic rings. The maximum Gasteiger partial charge on any atom is 0.0133 e. The number of hydrogen-bond donors (Lipinski definition) is 1. The summed E-state index contributed by atoms with van der Waals surface area (Å²) in [7, 11) is 0. The summed E-state index contributed by atoms with van der Waals surface area (Å²) in [6.07, 6.45) is 11.5. The maximum atomic E-state index is 6.32. The van der Waals surface area contributed by atoms with E-state index >= 15 is 0 Å². The van der Waals surface area contributed by atoms with Gasteiger partial charge in [0.05, 0.1) is 0 Å². The van der Waals surface area contributed by atoms with Crippen molar-refractivity contribution in [3.05, 3.63) is 12.2 Å². The second-order valence-electron chi connectivity index (χ2n) is 4.91. The molecule has 0 aliphatic heterocycles. The number of allylic oxidation sites excluding steroid dienone is 2. The summed E-state index contributed by atoms with van der Waals surface area (Å²) in [5.74, 6) is 1.84. The summed E-state index contributed by atoms with van der Waals surface area (Å²) in [6.45, 7) is 0. The molecule has 1 nitrogen and oxygen atoms in total. The van der Waals surface area contributed by atoms with Crippen molar-refractivity contribution in [2.75, 3.05) is 0 Å². The van der Waals surface area contributed by atoms with Crippen LogP contribution in [0.15, 0.2) is 12.2 Å². The van der Waals surface area contributed by atoms with E-state index in [1.54, 1.807) is 0 Å². The zero-order chi connectivity index (χ0) is 8.18. The van der Waals surface area contributed by atoms with Crippen molar-refractivity contribution < 1.29 is 0 Å². The van der Waals surface area contributed by atoms with Crippen LogP contribution in [0.25, 0.3) is 0 Å². The van der Waals surface area contributed by atoms with Crippen molar-refractivity contribution in [2.45, 2.75) is 38.1 Å². The number of fused-ring (bicyclic) bond motifs is 3. The number of hydrogen-bond acceptors (Lipinski definition) is 1. The summed E-state index contributed by atoms with van der Waals surface area (Å²) in [5.41, 5.74) is 6.85. The van der Waals surface area contributed by atoms with Gasteiger partial charge in [0.2, 0.25) is 0 Å². The fourth-order valence-electron chi connectivity index (χ4n) is 3.90. The lowest BCUT2D eigenvalue weighted by atomic mass is 9.68. The van der Waals surface area contributed by atoms with E-state index in [0.717, 1.165) is 11.8 Å². The van der Waals surface area contributed by atoms with E-state index in [1.807, 2.05) is 0 Å². The van der Waals surface area contributed by atoms with Crippen molar-refractivity contribution in [1.82, 2.24) is 0 Å². The van der Waals surface area contributed by atoms with Crippen LogP contribution < -0.4 is 5.73 Å². The van der Waals surface area contributed by atoms with Crippen molar-refractivity contribution in [1.29, 1.82) is 0 Å². The first-order chi connectivity index (χ1) is 5.83. The van der Waals surface area contributed by atoms with Crippen LogP contribution in [0.2, 0.25) is 0 Å². The molecule has 0 amide bonds. The van der Waals surface area contributed by atoms with Crippen LogP contribution in [0.1, 0.15) is 32.1 Å². The maximum absolute atomic E-state index is 6.32. The predicted molar refractivity (Wildman–Crippen MR) is 49.6 cm³/mol. The highest BCUT2D eigenvalue weighted by Crippen LogP contribution is 2.60. The highest BCUT2D eigenvalue weighted by atomic mass is 14.8. The normalized spacial score (nSPS) is 47.9. The van der Waals surface area contributed by atoms with Gasteiger partial charge < -0.3 is 5.73 Å². The van der Waals surface area contributed by atoms with Gasteiger partial charge in [0.1, 0.15) is 0 Å². The van der Waals surface area contributed by atoms with E-state index in [0.29, 0.717) is 11.5 Å². The first kappa shape index (κ1) is 7.14. The average molecular weight is 163 g/mol. The smallest absolute Gasteiger partial charge is 0.0133 e.